The minimum atomic E-state index is -0.818. The number of carbonyl (C=O) groups is 2. The number of aryl methyl sites for hydroxylation is 1. The quantitative estimate of drug-likeness (QED) is 0.169. The van der Waals surface area contributed by atoms with Crippen LogP contribution >= 0.6 is 0 Å². The number of pyridine rings is 2. The molecule has 0 bridgehead atoms. The van der Waals surface area contributed by atoms with Gasteiger partial charge in [0, 0.05) is 41.5 Å². The number of imidazole rings is 1. The number of aromatic nitrogens is 4. The van der Waals surface area contributed by atoms with E-state index in [9.17, 15) is 9.59 Å². The third kappa shape index (κ3) is 6.60. The molecule has 0 aliphatic carbocycles. The Bertz CT molecular complexity index is 2080. The standard InChI is InChI=1S/C37H31N5O5/c1-4-45-37(44)34-30(16-15-29-10-7-20-46-29)33(36(43)47-21-6-9-26-8-5-18-38-22-26)24(2)40-35(34)27-11-13-28(14-12-27)42-25(3)41-31-23-39-19-17-32(31)42/h5,7-8,10-20,22-23,30,40H,4,21H2,1-3H3/b16-15+. The Morgan fingerprint density at radius 1 is 0.979 bits per heavy atom. The van der Waals surface area contributed by atoms with Crippen molar-refractivity contribution in [1.29, 1.82) is 0 Å². The highest BCUT2D eigenvalue weighted by Crippen LogP contribution is 2.37. The number of esters is 2. The van der Waals surface area contributed by atoms with Gasteiger partial charge in [-0.25, -0.2) is 14.6 Å². The first kappa shape index (κ1) is 30.8. The molecule has 0 fully saturated rings. The van der Waals surface area contributed by atoms with E-state index in [1.54, 1.807) is 75.2 Å². The van der Waals surface area contributed by atoms with E-state index in [1.165, 1.54) is 0 Å². The van der Waals surface area contributed by atoms with E-state index >= 15 is 0 Å². The number of nitrogens with zero attached hydrogens (tertiary/aromatic N) is 4. The molecular formula is C37H31N5O5. The van der Waals surface area contributed by atoms with Crippen molar-refractivity contribution in [3.63, 3.8) is 0 Å². The molecule has 1 N–H and O–H groups in total. The minimum Gasteiger partial charge on any atom is -0.465 e. The van der Waals surface area contributed by atoms with Gasteiger partial charge in [-0.3, -0.25) is 14.5 Å². The van der Waals surface area contributed by atoms with Crippen LogP contribution in [0.5, 0.6) is 0 Å². The molecule has 0 saturated carbocycles. The maximum atomic E-state index is 13.7. The van der Waals surface area contributed by atoms with Gasteiger partial charge in [0.25, 0.3) is 0 Å². The fourth-order valence-electron chi connectivity index (χ4n) is 5.48. The number of benzene rings is 1. The molecule has 4 aromatic heterocycles. The number of carbonyl (C=O) groups excluding carboxylic acids is 2. The third-order valence-electron chi connectivity index (χ3n) is 7.53. The Labute approximate surface area is 271 Å². The molecule has 1 atom stereocenters. The summed E-state index contributed by atoms with van der Waals surface area (Å²) in [7, 11) is 0. The van der Waals surface area contributed by atoms with Gasteiger partial charge < -0.3 is 19.2 Å². The van der Waals surface area contributed by atoms with E-state index in [0.29, 0.717) is 22.7 Å². The number of fused-ring (bicyclic) bond motifs is 1. The van der Waals surface area contributed by atoms with Crippen LogP contribution in [-0.2, 0) is 19.1 Å². The molecular weight excluding hydrogens is 594 g/mol. The van der Waals surface area contributed by atoms with Crippen LogP contribution < -0.4 is 5.32 Å². The molecule has 1 aromatic carbocycles. The fourth-order valence-corrected chi connectivity index (χ4v) is 5.48. The Kier molecular flexibility index (Phi) is 9.06. The molecule has 1 aliphatic rings. The second-order valence-corrected chi connectivity index (χ2v) is 10.6. The SMILES string of the molecule is CCOC(=O)C1=C(c2ccc(-n3c(C)nc4cnccc43)cc2)NC(C)=C(C(=O)OCC#Cc2cccnc2)C1/C=C/c1ccco1. The van der Waals surface area contributed by atoms with Gasteiger partial charge in [0.1, 0.15) is 17.1 Å². The van der Waals surface area contributed by atoms with Crippen molar-refractivity contribution in [1.82, 2.24) is 24.8 Å². The Morgan fingerprint density at radius 3 is 2.53 bits per heavy atom. The van der Waals surface area contributed by atoms with Crippen molar-refractivity contribution < 1.29 is 23.5 Å². The van der Waals surface area contributed by atoms with Crippen molar-refractivity contribution in [2.45, 2.75) is 20.8 Å². The predicted molar refractivity (Wildman–Crippen MR) is 176 cm³/mol. The van der Waals surface area contributed by atoms with Crippen LogP contribution in [0.3, 0.4) is 0 Å². The van der Waals surface area contributed by atoms with Gasteiger partial charge in [-0.05, 0) is 74.9 Å². The number of hydrogen-bond acceptors (Lipinski definition) is 9. The summed E-state index contributed by atoms with van der Waals surface area (Å²) in [5.74, 6) is 5.16. The first-order valence-electron chi connectivity index (χ1n) is 15.0. The van der Waals surface area contributed by atoms with E-state index in [4.69, 9.17) is 13.9 Å². The molecule has 234 valence electrons. The Balaban J connectivity index is 1.38. The normalized spacial score (nSPS) is 14.6. The van der Waals surface area contributed by atoms with Crippen molar-refractivity contribution in [3.05, 3.63) is 131 Å². The predicted octanol–water partition coefficient (Wildman–Crippen LogP) is 5.79. The van der Waals surface area contributed by atoms with Crippen LogP contribution in [0.4, 0.5) is 0 Å². The number of ether oxygens (including phenoxy) is 2. The summed E-state index contributed by atoms with van der Waals surface area (Å²) in [6.07, 6.45) is 11.8. The van der Waals surface area contributed by atoms with Crippen molar-refractivity contribution in [2.24, 2.45) is 5.92 Å². The average Bonchev–Trinajstić information content (AvgIpc) is 3.73. The Morgan fingerprint density at radius 2 is 1.79 bits per heavy atom. The first-order valence-corrected chi connectivity index (χ1v) is 15.0. The van der Waals surface area contributed by atoms with E-state index in [1.807, 2.05) is 47.9 Å². The molecule has 5 aromatic rings. The zero-order chi connectivity index (χ0) is 32.8. The Hall–Kier alpha value is -6.21. The van der Waals surface area contributed by atoms with Gasteiger partial charge in [-0.1, -0.05) is 30.0 Å². The molecule has 0 spiro atoms. The number of allylic oxidation sites excluding steroid dienone is 2. The summed E-state index contributed by atoms with van der Waals surface area (Å²) >= 11 is 0. The van der Waals surface area contributed by atoms with E-state index in [2.05, 4.69) is 32.1 Å². The fraction of sp³-hybridized carbons (Fsp3) is 0.162. The summed E-state index contributed by atoms with van der Waals surface area (Å²) in [4.78, 5) is 40.2. The number of hydrogen-bond donors (Lipinski definition) is 1. The topological polar surface area (TPSA) is 121 Å². The average molecular weight is 626 g/mol. The van der Waals surface area contributed by atoms with Crippen LogP contribution in [0.1, 0.15) is 36.6 Å². The van der Waals surface area contributed by atoms with Gasteiger partial charge in [0.15, 0.2) is 6.61 Å². The number of rotatable bonds is 8. The first-order chi connectivity index (χ1) is 22.9. The molecule has 1 aliphatic heterocycles. The summed E-state index contributed by atoms with van der Waals surface area (Å²) in [5.41, 5.74) is 5.62. The van der Waals surface area contributed by atoms with Gasteiger partial charge in [0.05, 0.1) is 41.4 Å². The maximum absolute atomic E-state index is 13.7. The van der Waals surface area contributed by atoms with Gasteiger partial charge in [0.2, 0.25) is 0 Å². The lowest BCUT2D eigenvalue weighted by Gasteiger charge is -2.30. The number of nitrogens with one attached hydrogen (secondary N) is 1. The van der Waals surface area contributed by atoms with Gasteiger partial charge >= 0.3 is 11.9 Å². The summed E-state index contributed by atoms with van der Waals surface area (Å²) in [6, 6.07) is 16.8. The largest absolute Gasteiger partial charge is 0.465 e. The lowest BCUT2D eigenvalue weighted by Crippen LogP contribution is -2.33. The molecule has 0 radical (unpaired) electrons. The zero-order valence-corrected chi connectivity index (χ0v) is 26.1. The molecule has 47 heavy (non-hydrogen) atoms. The molecule has 1 unspecified atom stereocenters. The van der Waals surface area contributed by atoms with E-state index in [0.717, 1.165) is 28.1 Å². The molecule has 6 rings (SSSR count). The van der Waals surface area contributed by atoms with Gasteiger partial charge in [-0.2, -0.15) is 0 Å². The summed E-state index contributed by atoms with van der Waals surface area (Å²) in [6.45, 7) is 5.45. The monoisotopic (exact) mass is 625 g/mol. The van der Waals surface area contributed by atoms with Crippen LogP contribution in [-0.4, -0.2) is 44.7 Å². The van der Waals surface area contributed by atoms with E-state index < -0.39 is 17.9 Å². The molecule has 0 saturated heterocycles. The lowest BCUT2D eigenvalue weighted by molar-refractivity contribution is -0.139. The smallest absolute Gasteiger partial charge is 0.337 e. The van der Waals surface area contributed by atoms with Gasteiger partial charge in [-0.15, -0.1) is 0 Å². The minimum absolute atomic E-state index is 0.149. The second kappa shape index (κ2) is 13.8. The molecule has 5 heterocycles. The van der Waals surface area contributed by atoms with Crippen molar-refractivity contribution >= 4 is 34.7 Å². The highest BCUT2D eigenvalue weighted by Gasteiger charge is 2.37. The molecule has 10 heteroatoms. The lowest BCUT2D eigenvalue weighted by atomic mass is 9.83. The summed E-state index contributed by atoms with van der Waals surface area (Å²) in [5, 5.41) is 3.32. The number of furan rings is 1. The molecule has 10 nitrogen and oxygen atoms in total. The zero-order valence-electron chi connectivity index (χ0n) is 26.1. The highest BCUT2D eigenvalue weighted by molar-refractivity contribution is 6.04. The number of dihydropyridines is 1. The van der Waals surface area contributed by atoms with E-state index in [-0.39, 0.29) is 24.4 Å². The van der Waals surface area contributed by atoms with Crippen molar-refractivity contribution in [3.8, 4) is 17.5 Å². The third-order valence-corrected chi connectivity index (χ3v) is 7.53. The van der Waals surface area contributed by atoms with Crippen LogP contribution in [0, 0.1) is 24.7 Å². The van der Waals surface area contributed by atoms with Crippen molar-refractivity contribution in [2.75, 3.05) is 13.2 Å². The molecule has 0 amide bonds. The van der Waals surface area contributed by atoms with Crippen LogP contribution in [0.2, 0.25) is 0 Å². The maximum Gasteiger partial charge on any atom is 0.337 e. The second-order valence-electron chi connectivity index (χ2n) is 10.6. The van der Waals surface area contributed by atoms with Crippen LogP contribution in [0.15, 0.2) is 113 Å². The van der Waals surface area contributed by atoms with Crippen LogP contribution in [0.25, 0.3) is 28.5 Å². The summed E-state index contributed by atoms with van der Waals surface area (Å²) < 4.78 is 18.7. The highest BCUT2D eigenvalue weighted by atomic mass is 16.5.